The van der Waals surface area contributed by atoms with Crippen molar-refractivity contribution >= 4 is 17.4 Å². The standard InChI is InChI=1S/C17H24ClNO/c1-2-5-14-8-11-19(12-9-14)13-10-17(20)15-6-3-4-7-16(15)18/h3-4,6-7,14H,2,5,8-13H2,1H3. The van der Waals surface area contributed by atoms with E-state index in [-0.39, 0.29) is 5.78 Å². The number of likely N-dealkylation sites (tertiary alicyclic amines) is 1. The molecule has 1 fully saturated rings. The molecule has 0 saturated carbocycles. The number of hydrogen-bond donors (Lipinski definition) is 0. The fourth-order valence-corrected chi connectivity index (χ4v) is 3.23. The average Bonchev–Trinajstić information content (AvgIpc) is 2.47. The van der Waals surface area contributed by atoms with Gasteiger partial charge < -0.3 is 4.90 Å². The summed E-state index contributed by atoms with van der Waals surface area (Å²) in [4.78, 5) is 14.6. The molecule has 1 heterocycles. The molecule has 0 spiro atoms. The van der Waals surface area contributed by atoms with Crippen molar-refractivity contribution in [2.24, 2.45) is 5.92 Å². The van der Waals surface area contributed by atoms with Crippen LogP contribution in [0, 0.1) is 5.92 Å². The highest BCUT2D eigenvalue weighted by Crippen LogP contribution is 2.22. The van der Waals surface area contributed by atoms with Crippen molar-refractivity contribution in [1.82, 2.24) is 4.90 Å². The molecule has 1 aliphatic rings. The zero-order valence-corrected chi connectivity index (χ0v) is 13.0. The van der Waals surface area contributed by atoms with E-state index in [4.69, 9.17) is 11.6 Å². The second-order valence-corrected chi connectivity index (χ2v) is 6.13. The molecule has 1 saturated heterocycles. The van der Waals surface area contributed by atoms with E-state index in [1.807, 2.05) is 18.2 Å². The van der Waals surface area contributed by atoms with Crippen molar-refractivity contribution in [3.63, 3.8) is 0 Å². The van der Waals surface area contributed by atoms with Crippen LogP contribution in [0.5, 0.6) is 0 Å². The van der Waals surface area contributed by atoms with Gasteiger partial charge in [-0.25, -0.2) is 0 Å². The van der Waals surface area contributed by atoms with Crippen LogP contribution in [0.3, 0.4) is 0 Å². The first-order valence-electron chi connectivity index (χ1n) is 7.70. The minimum Gasteiger partial charge on any atom is -0.303 e. The van der Waals surface area contributed by atoms with E-state index >= 15 is 0 Å². The van der Waals surface area contributed by atoms with Gasteiger partial charge in [-0.2, -0.15) is 0 Å². The van der Waals surface area contributed by atoms with E-state index in [2.05, 4.69) is 11.8 Å². The highest BCUT2D eigenvalue weighted by Gasteiger charge is 2.19. The number of piperidine rings is 1. The number of nitrogens with zero attached hydrogens (tertiary/aromatic N) is 1. The maximum atomic E-state index is 12.2. The zero-order chi connectivity index (χ0) is 14.4. The van der Waals surface area contributed by atoms with Crippen molar-refractivity contribution in [1.29, 1.82) is 0 Å². The average molecular weight is 294 g/mol. The number of ketones is 1. The monoisotopic (exact) mass is 293 g/mol. The van der Waals surface area contributed by atoms with Gasteiger partial charge in [-0.3, -0.25) is 4.79 Å². The van der Waals surface area contributed by atoms with E-state index < -0.39 is 0 Å². The Balaban J connectivity index is 1.76. The van der Waals surface area contributed by atoms with Crippen LogP contribution < -0.4 is 0 Å². The summed E-state index contributed by atoms with van der Waals surface area (Å²) in [5, 5.41) is 0.569. The third-order valence-corrected chi connectivity index (χ3v) is 4.56. The maximum Gasteiger partial charge on any atom is 0.165 e. The van der Waals surface area contributed by atoms with Gasteiger partial charge in [-0.15, -0.1) is 0 Å². The molecule has 0 aromatic heterocycles. The summed E-state index contributed by atoms with van der Waals surface area (Å²) < 4.78 is 0. The van der Waals surface area contributed by atoms with Crippen molar-refractivity contribution in [3.05, 3.63) is 34.9 Å². The molecule has 0 bridgehead atoms. The van der Waals surface area contributed by atoms with E-state index in [1.165, 1.54) is 25.7 Å². The summed E-state index contributed by atoms with van der Waals surface area (Å²) in [7, 11) is 0. The van der Waals surface area contributed by atoms with Crippen molar-refractivity contribution in [2.45, 2.75) is 39.0 Å². The van der Waals surface area contributed by atoms with Gasteiger partial charge in [0, 0.05) is 18.5 Å². The second kappa shape index (κ2) is 7.80. The van der Waals surface area contributed by atoms with Crippen LogP contribution in [0.1, 0.15) is 49.4 Å². The van der Waals surface area contributed by atoms with Gasteiger partial charge in [-0.05, 0) is 44.0 Å². The minimum atomic E-state index is 0.159. The van der Waals surface area contributed by atoms with Crippen molar-refractivity contribution < 1.29 is 4.79 Å². The molecule has 0 unspecified atom stereocenters. The van der Waals surface area contributed by atoms with Gasteiger partial charge in [0.05, 0.1) is 5.02 Å². The molecular weight excluding hydrogens is 270 g/mol. The van der Waals surface area contributed by atoms with Crippen LogP contribution >= 0.6 is 11.6 Å². The quantitative estimate of drug-likeness (QED) is 0.723. The molecule has 20 heavy (non-hydrogen) atoms. The van der Waals surface area contributed by atoms with Gasteiger partial charge >= 0.3 is 0 Å². The number of hydrogen-bond acceptors (Lipinski definition) is 2. The molecule has 3 heteroatoms. The fourth-order valence-electron chi connectivity index (χ4n) is 2.99. The van der Waals surface area contributed by atoms with Crippen LogP contribution in [0.4, 0.5) is 0 Å². The fraction of sp³-hybridized carbons (Fsp3) is 0.588. The molecule has 0 atom stereocenters. The summed E-state index contributed by atoms with van der Waals surface area (Å²) in [5.41, 5.74) is 0.662. The number of rotatable bonds is 6. The number of Topliss-reactive ketones (excluding diaryl/α,β-unsaturated/α-hetero) is 1. The third kappa shape index (κ3) is 4.32. The Morgan fingerprint density at radius 2 is 2.00 bits per heavy atom. The molecule has 0 amide bonds. The SMILES string of the molecule is CCCC1CCN(CCC(=O)c2ccccc2Cl)CC1. The highest BCUT2D eigenvalue weighted by molar-refractivity contribution is 6.33. The molecule has 1 aromatic carbocycles. The Hall–Kier alpha value is -0.860. The van der Waals surface area contributed by atoms with Gasteiger partial charge in [0.2, 0.25) is 0 Å². The Bertz CT molecular complexity index is 438. The van der Waals surface area contributed by atoms with Gasteiger partial charge in [-0.1, -0.05) is 43.5 Å². The van der Waals surface area contributed by atoms with E-state index in [0.717, 1.165) is 25.6 Å². The van der Waals surface area contributed by atoms with Gasteiger partial charge in [0.15, 0.2) is 5.78 Å². The molecular formula is C17H24ClNO. The lowest BCUT2D eigenvalue weighted by Gasteiger charge is -2.31. The number of halogens is 1. The van der Waals surface area contributed by atoms with Crippen LogP contribution in [0.15, 0.2) is 24.3 Å². The first-order valence-corrected chi connectivity index (χ1v) is 8.08. The second-order valence-electron chi connectivity index (χ2n) is 5.73. The largest absolute Gasteiger partial charge is 0.303 e. The molecule has 2 nitrogen and oxygen atoms in total. The lowest BCUT2D eigenvalue weighted by atomic mass is 9.92. The summed E-state index contributed by atoms with van der Waals surface area (Å²) in [6, 6.07) is 7.33. The summed E-state index contributed by atoms with van der Waals surface area (Å²) in [6.07, 6.45) is 5.78. The van der Waals surface area contributed by atoms with Gasteiger partial charge in [0.1, 0.15) is 0 Å². The zero-order valence-electron chi connectivity index (χ0n) is 12.3. The summed E-state index contributed by atoms with van der Waals surface area (Å²) in [6.45, 7) is 5.40. The summed E-state index contributed by atoms with van der Waals surface area (Å²) in [5.74, 6) is 1.06. The Morgan fingerprint density at radius 3 is 2.65 bits per heavy atom. The smallest absolute Gasteiger partial charge is 0.165 e. The molecule has 0 N–H and O–H groups in total. The molecule has 0 aliphatic carbocycles. The minimum absolute atomic E-state index is 0.159. The third-order valence-electron chi connectivity index (χ3n) is 4.23. The first kappa shape index (κ1) is 15.5. The predicted molar refractivity (Wildman–Crippen MR) is 84.5 cm³/mol. The molecule has 2 rings (SSSR count). The van der Waals surface area contributed by atoms with E-state index in [9.17, 15) is 4.79 Å². The Labute approximate surface area is 127 Å². The normalized spacial score (nSPS) is 17.3. The first-order chi connectivity index (χ1) is 9.70. The van der Waals surface area contributed by atoms with Crippen LogP contribution in [-0.2, 0) is 0 Å². The summed E-state index contributed by atoms with van der Waals surface area (Å²) >= 11 is 6.06. The molecule has 1 aromatic rings. The van der Waals surface area contributed by atoms with E-state index in [1.54, 1.807) is 6.07 Å². The highest BCUT2D eigenvalue weighted by atomic mass is 35.5. The molecule has 1 aliphatic heterocycles. The molecule has 0 radical (unpaired) electrons. The van der Waals surface area contributed by atoms with Crippen LogP contribution in [0.2, 0.25) is 5.02 Å². The topological polar surface area (TPSA) is 20.3 Å². The van der Waals surface area contributed by atoms with Crippen LogP contribution in [-0.4, -0.2) is 30.3 Å². The van der Waals surface area contributed by atoms with Crippen molar-refractivity contribution in [3.8, 4) is 0 Å². The predicted octanol–water partition coefficient (Wildman–Crippen LogP) is 4.42. The lowest BCUT2D eigenvalue weighted by Crippen LogP contribution is -2.35. The number of carbonyl (C=O) groups is 1. The molecule has 110 valence electrons. The number of benzene rings is 1. The number of carbonyl (C=O) groups excluding carboxylic acids is 1. The Kier molecular flexibility index (Phi) is 6.06. The Morgan fingerprint density at radius 1 is 1.30 bits per heavy atom. The van der Waals surface area contributed by atoms with Crippen molar-refractivity contribution in [2.75, 3.05) is 19.6 Å². The maximum absolute atomic E-state index is 12.2. The lowest BCUT2D eigenvalue weighted by molar-refractivity contribution is 0.0950. The van der Waals surface area contributed by atoms with Gasteiger partial charge in [0.25, 0.3) is 0 Å². The van der Waals surface area contributed by atoms with E-state index in [0.29, 0.717) is 17.0 Å². The van der Waals surface area contributed by atoms with Crippen LogP contribution in [0.25, 0.3) is 0 Å².